The summed E-state index contributed by atoms with van der Waals surface area (Å²) in [6, 6.07) is 9.68. The van der Waals surface area contributed by atoms with E-state index >= 15 is 0 Å². The first-order valence-electron chi connectivity index (χ1n) is 5.29. The highest BCUT2D eigenvalue weighted by molar-refractivity contribution is 5.72. The average Bonchev–Trinajstić information content (AvgIpc) is 2.71. The van der Waals surface area contributed by atoms with Crippen molar-refractivity contribution in [3.8, 4) is 0 Å². The zero-order chi connectivity index (χ0) is 10.5. The highest BCUT2D eigenvalue weighted by Crippen LogP contribution is 2.06. The average molecular weight is 205 g/mol. The SMILES string of the molecule is O=C(Cc1ccccc1)O[C@@H]1CCNC1. The first kappa shape index (κ1) is 10.2. The molecule has 1 fully saturated rings. The molecule has 2 rings (SSSR count). The molecule has 80 valence electrons. The lowest BCUT2D eigenvalue weighted by molar-refractivity contribution is -0.147. The Hall–Kier alpha value is -1.35. The van der Waals surface area contributed by atoms with Crippen LogP contribution in [0.3, 0.4) is 0 Å². The Kier molecular flexibility index (Phi) is 3.35. The molecular formula is C12H15NO2. The summed E-state index contributed by atoms with van der Waals surface area (Å²) in [5, 5.41) is 3.16. The van der Waals surface area contributed by atoms with E-state index in [1.165, 1.54) is 0 Å². The molecule has 0 bridgehead atoms. The smallest absolute Gasteiger partial charge is 0.310 e. The van der Waals surface area contributed by atoms with Crippen LogP contribution in [0.4, 0.5) is 0 Å². The van der Waals surface area contributed by atoms with Crippen molar-refractivity contribution in [2.75, 3.05) is 13.1 Å². The minimum Gasteiger partial charge on any atom is -0.461 e. The van der Waals surface area contributed by atoms with E-state index in [9.17, 15) is 4.79 Å². The maximum atomic E-state index is 11.5. The zero-order valence-corrected chi connectivity index (χ0v) is 8.61. The predicted octanol–water partition coefficient (Wildman–Crippen LogP) is 1.13. The van der Waals surface area contributed by atoms with Crippen LogP contribution in [-0.2, 0) is 16.0 Å². The topological polar surface area (TPSA) is 38.3 Å². The molecule has 1 atom stereocenters. The highest BCUT2D eigenvalue weighted by atomic mass is 16.5. The van der Waals surface area contributed by atoms with E-state index in [-0.39, 0.29) is 12.1 Å². The number of nitrogens with one attached hydrogen (secondary N) is 1. The first-order chi connectivity index (χ1) is 7.34. The number of carbonyl (C=O) groups excluding carboxylic acids is 1. The van der Waals surface area contributed by atoms with Crippen LogP contribution in [-0.4, -0.2) is 25.2 Å². The number of hydrogen-bond donors (Lipinski definition) is 1. The second kappa shape index (κ2) is 4.94. The fourth-order valence-corrected chi connectivity index (χ4v) is 1.72. The normalized spacial score (nSPS) is 20.1. The van der Waals surface area contributed by atoms with Gasteiger partial charge in [0.25, 0.3) is 0 Å². The van der Waals surface area contributed by atoms with Gasteiger partial charge in [-0.3, -0.25) is 4.79 Å². The van der Waals surface area contributed by atoms with Gasteiger partial charge in [0, 0.05) is 6.54 Å². The summed E-state index contributed by atoms with van der Waals surface area (Å²) in [7, 11) is 0. The van der Waals surface area contributed by atoms with Gasteiger partial charge in [-0.25, -0.2) is 0 Å². The minimum absolute atomic E-state index is 0.0706. The lowest BCUT2D eigenvalue weighted by Gasteiger charge is -2.10. The summed E-state index contributed by atoms with van der Waals surface area (Å²) in [5.74, 6) is -0.130. The second-order valence-electron chi connectivity index (χ2n) is 3.77. The molecule has 0 aromatic heterocycles. The number of rotatable bonds is 3. The maximum absolute atomic E-state index is 11.5. The molecule has 0 saturated carbocycles. The van der Waals surface area contributed by atoms with Crippen LogP contribution < -0.4 is 5.32 Å². The van der Waals surface area contributed by atoms with E-state index in [0.717, 1.165) is 25.1 Å². The molecule has 0 amide bonds. The maximum Gasteiger partial charge on any atom is 0.310 e. The van der Waals surface area contributed by atoms with Crippen molar-refractivity contribution in [2.45, 2.75) is 18.9 Å². The summed E-state index contributed by atoms with van der Waals surface area (Å²) >= 11 is 0. The summed E-state index contributed by atoms with van der Waals surface area (Å²) in [6.07, 6.45) is 1.37. The van der Waals surface area contributed by atoms with Crippen molar-refractivity contribution in [1.29, 1.82) is 0 Å². The number of carbonyl (C=O) groups is 1. The Labute approximate surface area is 89.4 Å². The summed E-state index contributed by atoms with van der Waals surface area (Å²) in [6.45, 7) is 1.74. The Balaban J connectivity index is 1.82. The van der Waals surface area contributed by atoms with Gasteiger partial charge in [-0.1, -0.05) is 30.3 Å². The van der Waals surface area contributed by atoms with Crippen LogP contribution in [0.25, 0.3) is 0 Å². The largest absolute Gasteiger partial charge is 0.461 e. The van der Waals surface area contributed by atoms with Crippen molar-refractivity contribution in [3.63, 3.8) is 0 Å². The molecule has 1 aromatic rings. The molecule has 3 heteroatoms. The molecule has 3 nitrogen and oxygen atoms in total. The van der Waals surface area contributed by atoms with Crippen molar-refractivity contribution in [1.82, 2.24) is 5.32 Å². The highest BCUT2D eigenvalue weighted by Gasteiger charge is 2.18. The quantitative estimate of drug-likeness (QED) is 0.752. The molecule has 15 heavy (non-hydrogen) atoms. The van der Waals surface area contributed by atoms with E-state index < -0.39 is 0 Å². The summed E-state index contributed by atoms with van der Waals surface area (Å²) in [4.78, 5) is 11.5. The fourth-order valence-electron chi connectivity index (χ4n) is 1.72. The predicted molar refractivity (Wildman–Crippen MR) is 57.5 cm³/mol. The van der Waals surface area contributed by atoms with Crippen LogP contribution in [0.15, 0.2) is 30.3 Å². The molecule has 1 heterocycles. The van der Waals surface area contributed by atoms with E-state index in [2.05, 4.69) is 5.32 Å². The second-order valence-corrected chi connectivity index (χ2v) is 3.77. The molecule has 0 radical (unpaired) electrons. The Bertz CT molecular complexity index is 318. The van der Waals surface area contributed by atoms with Crippen LogP contribution in [0.1, 0.15) is 12.0 Å². The molecule has 1 N–H and O–H groups in total. The third kappa shape index (κ3) is 3.06. The molecule has 0 unspecified atom stereocenters. The number of ether oxygens (including phenoxy) is 1. The summed E-state index contributed by atoms with van der Waals surface area (Å²) in [5.41, 5.74) is 1.01. The minimum atomic E-state index is -0.130. The van der Waals surface area contributed by atoms with Gasteiger partial charge in [-0.05, 0) is 18.5 Å². The lowest BCUT2D eigenvalue weighted by atomic mass is 10.1. The van der Waals surface area contributed by atoms with Gasteiger partial charge in [0.2, 0.25) is 0 Å². The lowest BCUT2D eigenvalue weighted by Crippen LogP contribution is -2.21. The van der Waals surface area contributed by atoms with Crippen LogP contribution in [0.5, 0.6) is 0 Å². The zero-order valence-electron chi connectivity index (χ0n) is 8.61. The third-order valence-corrected chi connectivity index (χ3v) is 2.50. The Morgan fingerprint density at radius 1 is 1.40 bits per heavy atom. The van der Waals surface area contributed by atoms with E-state index in [1.807, 2.05) is 30.3 Å². The Morgan fingerprint density at radius 2 is 2.20 bits per heavy atom. The Morgan fingerprint density at radius 3 is 2.87 bits per heavy atom. The van der Waals surface area contributed by atoms with Gasteiger partial charge in [-0.15, -0.1) is 0 Å². The van der Waals surface area contributed by atoms with Gasteiger partial charge in [0.15, 0.2) is 0 Å². The first-order valence-corrected chi connectivity index (χ1v) is 5.29. The van der Waals surface area contributed by atoms with Crippen molar-refractivity contribution >= 4 is 5.97 Å². The molecular weight excluding hydrogens is 190 g/mol. The van der Waals surface area contributed by atoms with Gasteiger partial charge in [0.1, 0.15) is 6.10 Å². The van der Waals surface area contributed by atoms with Crippen LogP contribution in [0, 0.1) is 0 Å². The molecule has 1 aliphatic heterocycles. The fraction of sp³-hybridized carbons (Fsp3) is 0.417. The third-order valence-electron chi connectivity index (χ3n) is 2.50. The molecule has 0 aliphatic carbocycles. The van der Waals surface area contributed by atoms with Crippen LogP contribution in [0.2, 0.25) is 0 Å². The van der Waals surface area contributed by atoms with E-state index in [4.69, 9.17) is 4.74 Å². The molecule has 1 saturated heterocycles. The standard InChI is InChI=1S/C12H15NO2/c14-12(15-11-6-7-13-9-11)8-10-4-2-1-3-5-10/h1-5,11,13H,6-9H2/t11-/m1/s1. The summed E-state index contributed by atoms with van der Waals surface area (Å²) < 4.78 is 5.31. The van der Waals surface area contributed by atoms with Gasteiger partial charge in [-0.2, -0.15) is 0 Å². The molecule has 1 aromatic carbocycles. The molecule has 1 aliphatic rings. The van der Waals surface area contributed by atoms with Gasteiger partial charge >= 0.3 is 5.97 Å². The van der Waals surface area contributed by atoms with Crippen molar-refractivity contribution in [3.05, 3.63) is 35.9 Å². The van der Waals surface area contributed by atoms with Crippen LogP contribution >= 0.6 is 0 Å². The monoisotopic (exact) mass is 205 g/mol. The van der Waals surface area contributed by atoms with Gasteiger partial charge in [0.05, 0.1) is 6.42 Å². The van der Waals surface area contributed by atoms with E-state index in [1.54, 1.807) is 0 Å². The number of benzene rings is 1. The molecule has 0 spiro atoms. The van der Waals surface area contributed by atoms with Gasteiger partial charge < -0.3 is 10.1 Å². The number of hydrogen-bond acceptors (Lipinski definition) is 3. The van der Waals surface area contributed by atoms with Crippen molar-refractivity contribution in [2.24, 2.45) is 0 Å². The van der Waals surface area contributed by atoms with E-state index in [0.29, 0.717) is 6.42 Å². The number of esters is 1. The van der Waals surface area contributed by atoms with Crippen molar-refractivity contribution < 1.29 is 9.53 Å².